The predicted octanol–water partition coefficient (Wildman–Crippen LogP) is 5.55. The van der Waals surface area contributed by atoms with Crippen LogP contribution in [0.5, 0.6) is 0 Å². The Morgan fingerprint density at radius 3 is 2.76 bits per heavy atom. The molecule has 0 fully saturated rings. The molecule has 0 amide bonds. The van der Waals surface area contributed by atoms with E-state index in [2.05, 4.69) is 20.9 Å². The van der Waals surface area contributed by atoms with Gasteiger partial charge < -0.3 is 9.15 Å². The molecule has 0 saturated heterocycles. The third-order valence-electron chi connectivity index (χ3n) is 3.62. The molecule has 0 aliphatic heterocycles. The van der Waals surface area contributed by atoms with E-state index in [4.69, 9.17) is 9.15 Å². The van der Waals surface area contributed by atoms with Crippen LogP contribution in [0.25, 0.3) is 11.3 Å². The van der Waals surface area contributed by atoms with Crippen molar-refractivity contribution >= 4 is 33.8 Å². The topological polar surface area (TPSA) is 51.8 Å². The van der Waals surface area contributed by atoms with Crippen LogP contribution in [-0.2, 0) is 4.74 Å². The van der Waals surface area contributed by atoms with Crippen LogP contribution in [0.3, 0.4) is 0 Å². The maximum atomic E-state index is 11.6. The fourth-order valence-electron chi connectivity index (χ4n) is 2.36. The largest absolute Gasteiger partial charge is 0.465 e. The van der Waals surface area contributed by atoms with Crippen molar-refractivity contribution in [3.63, 3.8) is 0 Å². The quantitative estimate of drug-likeness (QED) is 0.427. The molecule has 0 N–H and O–H groups in total. The zero-order valence-electron chi connectivity index (χ0n) is 13.8. The molecular weight excluding hydrogens is 382 g/mol. The number of methoxy groups -OCH3 is 1. The number of carbonyl (C=O) groups is 1. The molecule has 0 atom stereocenters. The smallest absolute Gasteiger partial charge is 0.337 e. The van der Waals surface area contributed by atoms with Crippen LogP contribution in [0.4, 0.5) is 5.69 Å². The normalized spacial score (nSPS) is 11.0. The molecule has 0 bridgehead atoms. The lowest BCUT2D eigenvalue weighted by molar-refractivity contribution is 0.0601. The third-order valence-corrected chi connectivity index (χ3v) is 4.28. The van der Waals surface area contributed by atoms with E-state index in [-0.39, 0.29) is 5.97 Å². The van der Waals surface area contributed by atoms with E-state index < -0.39 is 0 Å². The lowest BCUT2D eigenvalue weighted by Gasteiger charge is -2.02. The van der Waals surface area contributed by atoms with Crippen molar-refractivity contribution in [3.8, 4) is 11.3 Å². The SMILES string of the molecule is COC(=O)c1cccc(N=Cc2ccc(-c3ccc(C)cc3Br)o2)c1. The van der Waals surface area contributed by atoms with Crippen molar-refractivity contribution in [3.05, 3.63) is 76.0 Å². The van der Waals surface area contributed by atoms with Gasteiger partial charge in [-0.15, -0.1) is 0 Å². The Hall–Kier alpha value is -2.66. The van der Waals surface area contributed by atoms with Gasteiger partial charge in [0, 0.05) is 10.0 Å². The Balaban J connectivity index is 1.81. The number of nitrogens with zero attached hydrogens (tertiary/aromatic N) is 1. The number of aryl methyl sites for hydroxylation is 1. The summed E-state index contributed by atoms with van der Waals surface area (Å²) in [5, 5.41) is 0. The van der Waals surface area contributed by atoms with Crippen LogP contribution in [0.2, 0.25) is 0 Å². The number of halogens is 1. The minimum atomic E-state index is -0.387. The van der Waals surface area contributed by atoms with Crippen LogP contribution in [0.15, 0.2) is 68.5 Å². The van der Waals surface area contributed by atoms with Crippen LogP contribution in [0, 0.1) is 6.92 Å². The summed E-state index contributed by atoms with van der Waals surface area (Å²) in [5.74, 6) is 1.00. The summed E-state index contributed by atoms with van der Waals surface area (Å²) in [6.45, 7) is 2.04. The van der Waals surface area contributed by atoms with Gasteiger partial charge in [0.15, 0.2) is 0 Å². The molecule has 3 aromatic rings. The van der Waals surface area contributed by atoms with E-state index in [1.807, 2.05) is 43.3 Å². The number of carbonyl (C=O) groups excluding carboxylic acids is 1. The van der Waals surface area contributed by atoms with Gasteiger partial charge in [0.1, 0.15) is 11.5 Å². The summed E-state index contributed by atoms with van der Waals surface area (Å²) in [7, 11) is 1.35. The van der Waals surface area contributed by atoms with E-state index in [1.165, 1.54) is 12.7 Å². The van der Waals surface area contributed by atoms with Crippen molar-refractivity contribution in [1.82, 2.24) is 0 Å². The molecule has 3 rings (SSSR count). The monoisotopic (exact) mass is 397 g/mol. The Morgan fingerprint density at radius 1 is 1.16 bits per heavy atom. The molecule has 1 aromatic heterocycles. The molecular formula is C20H16BrNO3. The Kier molecular flexibility index (Phi) is 5.14. The number of esters is 1. The van der Waals surface area contributed by atoms with Crippen molar-refractivity contribution in [2.24, 2.45) is 4.99 Å². The number of rotatable bonds is 4. The first-order valence-corrected chi connectivity index (χ1v) is 8.45. The fraction of sp³-hybridized carbons (Fsp3) is 0.100. The van der Waals surface area contributed by atoms with Gasteiger partial charge in [-0.25, -0.2) is 4.79 Å². The maximum Gasteiger partial charge on any atom is 0.337 e. The fourth-order valence-corrected chi connectivity index (χ4v) is 3.04. The summed E-state index contributed by atoms with van der Waals surface area (Å²) < 4.78 is 11.5. The zero-order chi connectivity index (χ0) is 17.8. The zero-order valence-corrected chi connectivity index (χ0v) is 15.4. The molecule has 0 saturated carbocycles. The Bertz CT molecular complexity index is 944. The summed E-state index contributed by atoms with van der Waals surface area (Å²) in [6, 6.07) is 16.8. The van der Waals surface area contributed by atoms with Gasteiger partial charge in [-0.05, 0) is 55.0 Å². The third kappa shape index (κ3) is 4.06. The number of aliphatic imine (C=N–C) groups is 1. The number of hydrogen-bond donors (Lipinski definition) is 0. The second-order valence-electron chi connectivity index (χ2n) is 5.49. The Morgan fingerprint density at radius 2 is 2.00 bits per heavy atom. The summed E-state index contributed by atoms with van der Waals surface area (Å²) in [6.07, 6.45) is 1.63. The minimum Gasteiger partial charge on any atom is -0.465 e. The van der Waals surface area contributed by atoms with Crippen LogP contribution in [0.1, 0.15) is 21.7 Å². The van der Waals surface area contributed by atoms with Crippen molar-refractivity contribution < 1.29 is 13.9 Å². The van der Waals surface area contributed by atoms with Gasteiger partial charge >= 0.3 is 5.97 Å². The average molecular weight is 398 g/mol. The number of furan rings is 1. The highest BCUT2D eigenvalue weighted by molar-refractivity contribution is 9.10. The van der Waals surface area contributed by atoms with E-state index in [0.29, 0.717) is 17.0 Å². The minimum absolute atomic E-state index is 0.387. The van der Waals surface area contributed by atoms with E-state index in [1.54, 1.807) is 24.4 Å². The molecule has 0 radical (unpaired) electrons. The number of benzene rings is 2. The van der Waals surface area contributed by atoms with E-state index >= 15 is 0 Å². The first-order valence-electron chi connectivity index (χ1n) is 7.65. The molecule has 2 aromatic carbocycles. The van der Waals surface area contributed by atoms with Gasteiger partial charge in [0.2, 0.25) is 0 Å². The second kappa shape index (κ2) is 7.49. The van der Waals surface area contributed by atoms with Gasteiger partial charge in [-0.2, -0.15) is 0 Å². The summed E-state index contributed by atoms with van der Waals surface area (Å²) in [4.78, 5) is 15.9. The van der Waals surface area contributed by atoms with Gasteiger partial charge in [0.05, 0.1) is 24.6 Å². The highest BCUT2D eigenvalue weighted by Crippen LogP contribution is 2.30. The molecule has 1 heterocycles. The van der Waals surface area contributed by atoms with E-state index in [0.717, 1.165) is 15.8 Å². The number of ether oxygens (including phenoxy) is 1. The first kappa shape index (κ1) is 17.2. The highest BCUT2D eigenvalue weighted by atomic mass is 79.9. The second-order valence-corrected chi connectivity index (χ2v) is 6.34. The Labute approximate surface area is 154 Å². The van der Waals surface area contributed by atoms with Gasteiger partial charge in [-0.1, -0.05) is 28.1 Å². The van der Waals surface area contributed by atoms with Crippen LogP contribution in [-0.4, -0.2) is 19.3 Å². The maximum absolute atomic E-state index is 11.6. The molecule has 0 unspecified atom stereocenters. The molecule has 126 valence electrons. The van der Waals surface area contributed by atoms with E-state index in [9.17, 15) is 4.79 Å². The highest BCUT2D eigenvalue weighted by Gasteiger charge is 2.08. The van der Waals surface area contributed by atoms with Gasteiger partial charge in [-0.3, -0.25) is 4.99 Å². The number of hydrogen-bond acceptors (Lipinski definition) is 4. The lowest BCUT2D eigenvalue weighted by Crippen LogP contribution is -1.99. The predicted molar refractivity (Wildman–Crippen MR) is 102 cm³/mol. The summed E-state index contributed by atoms with van der Waals surface area (Å²) >= 11 is 3.56. The van der Waals surface area contributed by atoms with Crippen molar-refractivity contribution in [2.45, 2.75) is 6.92 Å². The van der Waals surface area contributed by atoms with Crippen molar-refractivity contribution in [2.75, 3.05) is 7.11 Å². The summed E-state index contributed by atoms with van der Waals surface area (Å²) in [5.41, 5.74) is 3.27. The molecule has 5 heteroatoms. The standard InChI is InChI=1S/C20H16BrNO3/c1-13-6-8-17(18(21)10-13)19-9-7-16(25-19)12-22-15-5-3-4-14(11-15)20(23)24-2/h3-12H,1-2H3. The van der Waals surface area contributed by atoms with Crippen LogP contribution >= 0.6 is 15.9 Å². The lowest BCUT2D eigenvalue weighted by atomic mass is 10.1. The molecule has 0 spiro atoms. The molecule has 25 heavy (non-hydrogen) atoms. The van der Waals surface area contributed by atoms with Crippen LogP contribution < -0.4 is 0 Å². The molecule has 0 aliphatic carbocycles. The van der Waals surface area contributed by atoms with Crippen molar-refractivity contribution in [1.29, 1.82) is 0 Å². The molecule has 4 nitrogen and oxygen atoms in total. The van der Waals surface area contributed by atoms with Gasteiger partial charge in [0.25, 0.3) is 0 Å². The first-order chi connectivity index (χ1) is 12.1. The average Bonchev–Trinajstić information content (AvgIpc) is 3.08. The molecule has 0 aliphatic rings.